The Kier molecular flexibility index (Phi) is 7.53. The molecule has 0 amide bonds. The molecule has 0 aliphatic carbocycles. The number of para-hydroxylation sites is 1. The first-order chi connectivity index (χ1) is 16.1. The topological polar surface area (TPSA) is 64.3 Å². The molecule has 0 aliphatic rings. The molecule has 4 aromatic rings. The molecule has 33 heavy (non-hydrogen) atoms. The SMILES string of the molecule is CCCCc1cncc(Cn2cc(CC(O)COC(=O)c3ccccc3)c3ccccc32)c1. The summed E-state index contributed by atoms with van der Waals surface area (Å²) < 4.78 is 7.52. The van der Waals surface area contributed by atoms with Crippen LogP contribution in [-0.4, -0.2) is 33.3 Å². The molecule has 4 rings (SSSR count). The number of pyridine rings is 1. The average molecular weight is 443 g/mol. The number of hydrogen-bond donors (Lipinski definition) is 1. The van der Waals surface area contributed by atoms with Crippen molar-refractivity contribution in [2.75, 3.05) is 6.61 Å². The molecule has 5 nitrogen and oxygen atoms in total. The molecule has 2 heterocycles. The second-order valence-corrected chi connectivity index (χ2v) is 8.43. The van der Waals surface area contributed by atoms with E-state index >= 15 is 0 Å². The number of aryl methyl sites for hydroxylation is 1. The standard InChI is InChI=1S/C28H30N2O3/c1-2-3-9-21-14-22(17-29-16-21)18-30-19-24(26-12-7-8-13-27(26)30)15-25(31)20-33-28(32)23-10-5-4-6-11-23/h4-8,10-14,16-17,19,25,31H,2-3,9,15,18,20H2,1H3. The van der Waals surface area contributed by atoms with Crippen LogP contribution in [0.1, 0.15) is 46.8 Å². The number of esters is 1. The van der Waals surface area contributed by atoms with Crippen molar-refractivity contribution in [3.05, 3.63) is 102 Å². The number of aromatic nitrogens is 2. The van der Waals surface area contributed by atoms with Gasteiger partial charge in [-0.05, 0) is 47.7 Å². The first kappa shape index (κ1) is 22.7. The maximum absolute atomic E-state index is 12.2. The van der Waals surface area contributed by atoms with Gasteiger partial charge in [-0.25, -0.2) is 4.79 Å². The van der Waals surface area contributed by atoms with E-state index in [4.69, 9.17) is 4.74 Å². The van der Waals surface area contributed by atoms with Crippen LogP contribution in [-0.2, 0) is 24.1 Å². The molecule has 5 heteroatoms. The number of ether oxygens (including phenoxy) is 1. The van der Waals surface area contributed by atoms with Crippen molar-refractivity contribution in [2.24, 2.45) is 0 Å². The Hall–Kier alpha value is -3.44. The Morgan fingerprint density at radius 2 is 1.82 bits per heavy atom. The zero-order valence-electron chi connectivity index (χ0n) is 19.0. The molecule has 0 radical (unpaired) electrons. The zero-order chi connectivity index (χ0) is 23.0. The summed E-state index contributed by atoms with van der Waals surface area (Å²) in [5.41, 5.74) is 5.05. The number of fused-ring (bicyclic) bond motifs is 1. The van der Waals surface area contributed by atoms with Crippen molar-refractivity contribution in [2.45, 2.75) is 45.3 Å². The Bertz CT molecular complexity index is 1200. The molecule has 0 bridgehead atoms. The first-order valence-corrected chi connectivity index (χ1v) is 11.5. The van der Waals surface area contributed by atoms with Crippen molar-refractivity contribution >= 4 is 16.9 Å². The van der Waals surface area contributed by atoms with E-state index in [1.54, 1.807) is 24.3 Å². The van der Waals surface area contributed by atoms with Gasteiger partial charge in [-0.2, -0.15) is 0 Å². The summed E-state index contributed by atoms with van der Waals surface area (Å²) >= 11 is 0. The number of hydrogen-bond acceptors (Lipinski definition) is 4. The van der Waals surface area contributed by atoms with E-state index in [-0.39, 0.29) is 6.61 Å². The highest BCUT2D eigenvalue weighted by Gasteiger charge is 2.15. The molecule has 1 N–H and O–H groups in total. The molecule has 2 aromatic carbocycles. The van der Waals surface area contributed by atoms with Crippen LogP contribution in [0.2, 0.25) is 0 Å². The second-order valence-electron chi connectivity index (χ2n) is 8.43. The molecular weight excluding hydrogens is 412 g/mol. The van der Waals surface area contributed by atoms with E-state index in [9.17, 15) is 9.90 Å². The van der Waals surface area contributed by atoms with E-state index in [2.05, 4.69) is 40.9 Å². The minimum absolute atomic E-state index is 0.0450. The van der Waals surface area contributed by atoms with Crippen LogP contribution in [0, 0.1) is 0 Å². The largest absolute Gasteiger partial charge is 0.459 e. The molecule has 0 aliphatic heterocycles. The number of aliphatic hydroxyl groups excluding tert-OH is 1. The minimum atomic E-state index is -0.782. The summed E-state index contributed by atoms with van der Waals surface area (Å²) in [5, 5.41) is 11.7. The fourth-order valence-corrected chi connectivity index (χ4v) is 4.10. The van der Waals surface area contributed by atoms with Gasteiger partial charge in [-0.3, -0.25) is 4.98 Å². The van der Waals surface area contributed by atoms with Gasteiger partial charge < -0.3 is 14.4 Å². The Balaban J connectivity index is 1.46. The van der Waals surface area contributed by atoms with Crippen molar-refractivity contribution in [1.82, 2.24) is 9.55 Å². The van der Waals surface area contributed by atoms with Gasteiger partial charge in [0, 0.05) is 42.5 Å². The molecule has 0 saturated heterocycles. The highest BCUT2D eigenvalue weighted by molar-refractivity contribution is 5.89. The zero-order valence-corrected chi connectivity index (χ0v) is 19.0. The van der Waals surface area contributed by atoms with E-state index in [0.717, 1.165) is 34.9 Å². The molecular formula is C28H30N2O3. The number of nitrogens with zero attached hydrogens (tertiary/aromatic N) is 2. The molecule has 0 spiro atoms. The van der Waals surface area contributed by atoms with Crippen LogP contribution >= 0.6 is 0 Å². The summed E-state index contributed by atoms with van der Waals surface area (Å²) in [7, 11) is 0. The van der Waals surface area contributed by atoms with Crippen molar-refractivity contribution in [1.29, 1.82) is 0 Å². The van der Waals surface area contributed by atoms with Crippen LogP contribution in [0.3, 0.4) is 0 Å². The highest BCUT2D eigenvalue weighted by atomic mass is 16.5. The maximum atomic E-state index is 12.2. The summed E-state index contributed by atoms with van der Waals surface area (Å²) in [5.74, 6) is -0.424. The van der Waals surface area contributed by atoms with Gasteiger partial charge in [0.2, 0.25) is 0 Å². The normalized spacial score (nSPS) is 12.1. The third-order valence-corrected chi connectivity index (χ3v) is 5.77. The third-order valence-electron chi connectivity index (χ3n) is 5.77. The van der Waals surface area contributed by atoms with E-state index < -0.39 is 12.1 Å². The number of aliphatic hydroxyl groups is 1. The van der Waals surface area contributed by atoms with Crippen LogP contribution in [0.25, 0.3) is 10.9 Å². The lowest BCUT2D eigenvalue weighted by Gasteiger charge is -2.11. The lowest BCUT2D eigenvalue weighted by molar-refractivity contribution is 0.0259. The van der Waals surface area contributed by atoms with Crippen molar-refractivity contribution in [3.63, 3.8) is 0 Å². The summed E-state index contributed by atoms with van der Waals surface area (Å²) in [4.78, 5) is 16.6. The van der Waals surface area contributed by atoms with Crippen molar-refractivity contribution in [3.8, 4) is 0 Å². The fourth-order valence-electron chi connectivity index (χ4n) is 4.10. The van der Waals surface area contributed by atoms with Gasteiger partial charge in [-0.1, -0.05) is 55.8 Å². The fraction of sp³-hybridized carbons (Fsp3) is 0.286. The van der Waals surface area contributed by atoms with Crippen LogP contribution in [0.5, 0.6) is 0 Å². The summed E-state index contributed by atoms with van der Waals surface area (Å²) in [6.07, 6.45) is 8.95. The molecule has 0 saturated carbocycles. The van der Waals surface area contributed by atoms with Crippen LogP contribution in [0.4, 0.5) is 0 Å². The Labute approximate surface area is 194 Å². The molecule has 0 fully saturated rings. The van der Waals surface area contributed by atoms with Crippen LogP contribution in [0.15, 0.2) is 79.3 Å². The quantitative estimate of drug-likeness (QED) is 0.343. The smallest absolute Gasteiger partial charge is 0.338 e. The minimum Gasteiger partial charge on any atom is -0.459 e. The lowest BCUT2D eigenvalue weighted by Crippen LogP contribution is -2.20. The lowest BCUT2D eigenvalue weighted by atomic mass is 10.1. The predicted octanol–water partition coefficient (Wildman–Crippen LogP) is 5.19. The molecule has 2 aromatic heterocycles. The monoisotopic (exact) mass is 442 g/mol. The van der Waals surface area contributed by atoms with E-state index in [1.165, 1.54) is 12.0 Å². The number of carbonyl (C=O) groups excluding carboxylic acids is 1. The first-order valence-electron chi connectivity index (χ1n) is 11.5. The second kappa shape index (κ2) is 10.9. The number of benzene rings is 2. The van der Waals surface area contributed by atoms with Gasteiger partial charge in [-0.15, -0.1) is 0 Å². The maximum Gasteiger partial charge on any atom is 0.338 e. The van der Waals surface area contributed by atoms with Crippen LogP contribution < -0.4 is 0 Å². The molecule has 1 unspecified atom stereocenters. The summed E-state index contributed by atoms with van der Waals surface area (Å²) in [6, 6.07) is 19.3. The molecule has 170 valence electrons. The number of unbranched alkanes of at least 4 members (excludes halogenated alkanes) is 1. The average Bonchev–Trinajstić information content (AvgIpc) is 3.19. The van der Waals surface area contributed by atoms with Gasteiger partial charge in [0.05, 0.1) is 11.7 Å². The van der Waals surface area contributed by atoms with Gasteiger partial charge in [0.1, 0.15) is 6.61 Å². The van der Waals surface area contributed by atoms with E-state index in [0.29, 0.717) is 18.5 Å². The van der Waals surface area contributed by atoms with Gasteiger partial charge in [0.15, 0.2) is 0 Å². The Morgan fingerprint density at radius 1 is 1.06 bits per heavy atom. The highest BCUT2D eigenvalue weighted by Crippen LogP contribution is 2.24. The molecule has 1 atom stereocenters. The van der Waals surface area contributed by atoms with Gasteiger partial charge in [0.25, 0.3) is 0 Å². The number of carbonyl (C=O) groups is 1. The Morgan fingerprint density at radius 3 is 2.64 bits per heavy atom. The van der Waals surface area contributed by atoms with Gasteiger partial charge >= 0.3 is 5.97 Å². The van der Waals surface area contributed by atoms with Crippen molar-refractivity contribution < 1.29 is 14.6 Å². The third kappa shape index (κ3) is 5.88. The number of rotatable bonds is 10. The summed E-state index contributed by atoms with van der Waals surface area (Å²) in [6.45, 7) is 2.87. The van der Waals surface area contributed by atoms with E-state index in [1.807, 2.05) is 30.6 Å². The predicted molar refractivity (Wildman–Crippen MR) is 130 cm³/mol.